The van der Waals surface area contributed by atoms with E-state index in [0.717, 1.165) is 6.42 Å². The van der Waals surface area contributed by atoms with Gasteiger partial charge < -0.3 is 5.73 Å². The van der Waals surface area contributed by atoms with E-state index in [1.807, 2.05) is 6.92 Å². The molecule has 0 aromatic carbocycles. The van der Waals surface area contributed by atoms with Gasteiger partial charge in [0.25, 0.3) is 0 Å². The van der Waals surface area contributed by atoms with Gasteiger partial charge in [0.2, 0.25) is 5.91 Å². The van der Waals surface area contributed by atoms with Crippen molar-refractivity contribution in [3.05, 3.63) is 21.9 Å². The van der Waals surface area contributed by atoms with E-state index in [0.29, 0.717) is 6.42 Å². The Labute approximate surface area is 82.8 Å². The first-order valence-electron chi connectivity index (χ1n) is 4.50. The minimum atomic E-state index is -0.223. The molecule has 3 heteroatoms. The van der Waals surface area contributed by atoms with Gasteiger partial charge in [-0.1, -0.05) is 13.8 Å². The first-order chi connectivity index (χ1) is 6.13. The Balaban J connectivity index is 2.65. The Kier molecular flexibility index (Phi) is 3.48. The first kappa shape index (κ1) is 10.3. The summed E-state index contributed by atoms with van der Waals surface area (Å²) >= 11 is 1.78. The Morgan fingerprint density at radius 3 is 2.77 bits per heavy atom. The van der Waals surface area contributed by atoms with Crippen LogP contribution in [0.3, 0.4) is 0 Å². The van der Waals surface area contributed by atoms with Gasteiger partial charge in [-0.3, -0.25) is 4.79 Å². The van der Waals surface area contributed by atoms with Gasteiger partial charge in [0.05, 0.1) is 0 Å². The third-order valence-corrected chi connectivity index (χ3v) is 3.49. The maximum Gasteiger partial charge on any atom is 0.218 e. The summed E-state index contributed by atoms with van der Waals surface area (Å²) in [5.41, 5.74) is 5.14. The zero-order valence-corrected chi connectivity index (χ0v) is 8.86. The number of carbonyl (C=O) groups is 1. The quantitative estimate of drug-likeness (QED) is 0.790. The van der Waals surface area contributed by atoms with Crippen molar-refractivity contribution in [2.24, 2.45) is 5.73 Å². The zero-order valence-electron chi connectivity index (χ0n) is 8.04. The van der Waals surface area contributed by atoms with Gasteiger partial charge in [-0.15, -0.1) is 11.3 Å². The molecule has 0 aliphatic rings. The maximum absolute atomic E-state index is 10.7. The Hall–Kier alpha value is -0.830. The molecule has 0 radical (unpaired) electrons. The predicted molar refractivity (Wildman–Crippen MR) is 55.9 cm³/mol. The predicted octanol–water partition coefficient (Wildman–Crippen LogP) is 2.29. The number of hydrogen-bond acceptors (Lipinski definition) is 2. The van der Waals surface area contributed by atoms with E-state index in [9.17, 15) is 4.79 Å². The summed E-state index contributed by atoms with van der Waals surface area (Å²) < 4.78 is 0. The van der Waals surface area contributed by atoms with Crippen molar-refractivity contribution in [2.45, 2.75) is 32.6 Å². The van der Waals surface area contributed by atoms with Crippen LogP contribution < -0.4 is 5.73 Å². The summed E-state index contributed by atoms with van der Waals surface area (Å²) in [7, 11) is 0. The molecule has 2 N–H and O–H groups in total. The number of carbonyl (C=O) groups excluding carboxylic acids is 1. The number of hydrogen-bond donors (Lipinski definition) is 1. The third-order valence-electron chi connectivity index (χ3n) is 2.02. The fraction of sp³-hybridized carbons (Fsp3) is 0.500. The van der Waals surface area contributed by atoms with E-state index in [1.165, 1.54) is 9.75 Å². The molecule has 0 fully saturated rings. The smallest absolute Gasteiger partial charge is 0.218 e. The largest absolute Gasteiger partial charge is 0.370 e. The van der Waals surface area contributed by atoms with Gasteiger partial charge in [0.1, 0.15) is 0 Å². The molecule has 0 saturated heterocycles. The second kappa shape index (κ2) is 4.42. The van der Waals surface area contributed by atoms with Crippen LogP contribution in [0.25, 0.3) is 0 Å². The van der Waals surface area contributed by atoms with Crippen molar-refractivity contribution in [2.75, 3.05) is 0 Å². The van der Waals surface area contributed by atoms with Gasteiger partial charge in [0, 0.05) is 16.2 Å². The van der Waals surface area contributed by atoms with E-state index in [4.69, 9.17) is 5.73 Å². The highest BCUT2D eigenvalue weighted by Gasteiger charge is 2.10. The number of nitrogens with two attached hydrogens (primary N) is 1. The van der Waals surface area contributed by atoms with Gasteiger partial charge in [0.15, 0.2) is 0 Å². The number of rotatable bonds is 4. The Morgan fingerprint density at radius 2 is 2.31 bits per heavy atom. The molecule has 1 heterocycles. The molecule has 72 valence electrons. The van der Waals surface area contributed by atoms with Crippen molar-refractivity contribution in [1.29, 1.82) is 0 Å². The topological polar surface area (TPSA) is 43.1 Å². The van der Waals surface area contributed by atoms with Gasteiger partial charge in [-0.05, 0) is 24.5 Å². The first-order valence-corrected chi connectivity index (χ1v) is 5.32. The van der Waals surface area contributed by atoms with Crippen LogP contribution in [0.5, 0.6) is 0 Å². The number of thiophene rings is 1. The summed E-state index contributed by atoms with van der Waals surface area (Å²) in [5.74, 6) is 0.0433. The molecule has 0 saturated carbocycles. The van der Waals surface area contributed by atoms with Crippen molar-refractivity contribution < 1.29 is 4.79 Å². The molecule has 1 aromatic rings. The molecule has 1 atom stereocenters. The molecule has 1 rings (SSSR count). The fourth-order valence-electron chi connectivity index (χ4n) is 1.25. The molecule has 0 aliphatic heterocycles. The zero-order chi connectivity index (χ0) is 9.84. The van der Waals surface area contributed by atoms with Crippen LogP contribution in [0.15, 0.2) is 12.1 Å². The molecule has 0 spiro atoms. The van der Waals surface area contributed by atoms with Crippen molar-refractivity contribution >= 4 is 17.2 Å². The van der Waals surface area contributed by atoms with Crippen LogP contribution in [-0.4, -0.2) is 5.91 Å². The third kappa shape index (κ3) is 2.84. The molecule has 1 unspecified atom stereocenters. The molecule has 2 nitrogen and oxygen atoms in total. The molecule has 13 heavy (non-hydrogen) atoms. The second-order valence-corrected chi connectivity index (χ2v) is 4.43. The van der Waals surface area contributed by atoms with Gasteiger partial charge in [-0.2, -0.15) is 0 Å². The normalized spacial score (nSPS) is 12.8. The fourth-order valence-corrected chi connectivity index (χ4v) is 2.26. The molecule has 0 bridgehead atoms. The lowest BCUT2D eigenvalue weighted by Crippen LogP contribution is -2.13. The maximum atomic E-state index is 10.7. The minimum absolute atomic E-state index is 0.223. The van der Waals surface area contributed by atoms with Crippen LogP contribution in [0.1, 0.15) is 35.9 Å². The van der Waals surface area contributed by atoms with Crippen molar-refractivity contribution in [3.8, 4) is 0 Å². The van der Waals surface area contributed by atoms with E-state index >= 15 is 0 Å². The lowest BCUT2D eigenvalue weighted by molar-refractivity contribution is -0.118. The van der Waals surface area contributed by atoms with Gasteiger partial charge >= 0.3 is 0 Å². The lowest BCUT2D eigenvalue weighted by Gasteiger charge is -2.04. The van der Waals surface area contributed by atoms with Crippen LogP contribution in [0, 0.1) is 0 Å². The van der Waals surface area contributed by atoms with E-state index in [2.05, 4.69) is 19.1 Å². The minimum Gasteiger partial charge on any atom is -0.370 e. The lowest BCUT2D eigenvalue weighted by atomic mass is 10.1. The average Bonchev–Trinajstić information content (AvgIpc) is 2.50. The highest BCUT2D eigenvalue weighted by atomic mass is 32.1. The van der Waals surface area contributed by atoms with Crippen LogP contribution in [0.4, 0.5) is 0 Å². The summed E-state index contributed by atoms with van der Waals surface area (Å²) in [6.45, 7) is 4.17. The molecule has 1 amide bonds. The van der Waals surface area contributed by atoms with E-state index in [-0.39, 0.29) is 11.8 Å². The number of aryl methyl sites for hydroxylation is 1. The summed E-state index contributed by atoms with van der Waals surface area (Å²) in [4.78, 5) is 13.3. The number of primary amides is 1. The molecule has 0 aliphatic carbocycles. The van der Waals surface area contributed by atoms with E-state index in [1.54, 1.807) is 11.3 Å². The Morgan fingerprint density at radius 1 is 1.62 bits per heavy atom. The van der Waals surface area contributed by atoms with Crippen LogP contribution >= 0.6 is 11.3 Å². The highest BCUT2D eigenvalue weighted by Crippen LogP contribution is 2.26. The summed E-state index contributed by atoms with van der Waals surface area (Å²) in [5, 5.41) is 0. The van der Waals surface area contributed by atoms with Crippen molar-refractivity contribution in [3.63, 3.8) is 0 Å². The van der Waals surface area contributed by atoms with Crippen molar-refractivity contribution in [1.82, 2.24) is 0 Å². The monoisotopic (exact) mass is 197 g/mol. The average molecular weight is 197 g/mol. The standard InChI is InChI=1S/C10H15NOS/c1-3-8-4-5-9(13-8)7(2)6-10(11)12/h4-5,7H,3,6H2,1-2H3,(H2,11,12). The molecular formula is C10H15NOS. The summed E-state index contributed by atoms with van der Waals surface area (Å²) in [6.07, 6.45) is 1.51. The second-order valence-electron chi connectivity index (χ2n) is 3.23. The molecule has 1 aromatic heterocycles. The number of amides is 1. The van der Waals surface area contributed by atoms with Crippen LogP contribution in [0.2, 0.25) is 0 Å². The SMILES string of the molecule is CCc1ccc(C(C)CC(N)=O)s1. The molecular weight excluding hydrogens is 182 g/mol. The Bertz CT molecular complexity index is 293. The van der Waals surface area contributed by atoms with Crippen LogP contribution in [-0.2, 0) is 11.2 Å². The summed E-state index contributed by atoms with van der Waals surface area (Å²) in [6, 6.07) is 4.22. The van der Waals surface area contributed by atoms with E-state index < -0.39 is 0 Å². The van der Waals surface area contributed by atoms with Gasteiger partial charge in [-0.25, -0.2) is 0 Å². The highest BCUT2D eigenvalue weighted by molar-refractivity contribution is 7.12.